The zero-order valence-electron chi connectivity index (χ0n) is 16.2. The lowest BCUT2D eigenvalue weighted by atomic mass is 10.1. The van der Waals surface area contributed by atoms with E-state index in [2.05, 4.69) is 20.8 Å². The molecule has 1 aromatic heterocycles. The molecule has 0 bridgehead atoms. The van der Waals surface area contributed by atoms with E-state index < -0.39 is 0 Å². The van der Waals surface area contributed by atoms with Crippen molar-refractivity contribution in [2.24, 2.45) is 0 Å². The van der Waals surface area contributed by atoms with E-state index in [9.17, 15) is 9.18 Å². The molecule has 2 heterocycles. The number of nitrogens with one attached hydrogen (secondary N) is 3. The number of nitrogens with zero attached hydrogens (tertiary/aromatic N) is 2. The number of fused-ring (bicyclic) bond motifs is 1. The van der Waals surface area contributed by atoms with Crippen LogP contribution in [0.25, 0.3) is 11.0 Å². The average molecular weight is 397 g/mol. The van der Waals surface area contributed by atoms with Crippen molar-refractivity contribution in [3.8, 4) is 5.75 Å². The highest BCUT2D eigenvalue weighted by molar-refractivity contribution is 5.82. The minimum atomic E-state index is -0.334. The molecule has 0 saturated carbocycles. The largest absolute Gasteiger partial charge is 0.492 e. The number of benzene rings is 2. The molecular formula is C21H24FN5O2. The summed E-state index contributed by atoms with van der Waals surface area (Å²) in [4.78, 5) is 22.2. The Kier molecular flexibility index (Phi) is 5.73. The Balaban J connectivity index is 1.24. The number of carbonyl (C=O) groups excluding carboxylic acids is 1. The molecular weight excluding hydrogens is 373 g/mol. The number of carbonyl (C=O) groups is 1. The average Bonchev–Trinajstić information content (AvgIpc) is 3.36. The van der Waals surface area contributed by atoms with Crippen molar-refractivity contribution in [2.75, 3.05) is 20.2 Å². The minimum Gasteiger partial charge on any atom is -0.492 e. The molecule has 3 aromatic rings. The van der Waals surface area contributed by atoms with Crippen molar-refractivity contribution in [1.29, 1.82) is 0 Å². The molecule has 8 heteroatoms. The van der Waals surface area contributed by atoms with Crippen molar-refractivity contribution in [3.63, 3.8) is 0 Å². The van der Waals surface area contributed by atoms with Crippen LogP contribution in [0.15, 0.2) is 48.5 Å². The third-order valence-electron chi connectivity index (χ3n) is 5.03. The first-order valence-corrected chi connectivity index (χ1v) is 9.66. The van der Waals surface area contributed by atoms with Crippen LogP contribution in [0.1, 0.15) is 12.2 Å². The number of likely N-dealkylation sites (N-methyl/N-ethyl adjacent to an activating group) is 1. The van der Waals surface area contributed by atoms with Crippen LogP contribution in [0, 0.1) is 5.82 Å². The lowest BCUT2D eigenvalue weighted by molar-refractivity contribution is -0.131. The number of imidazole rings is 1. The first kappa shape index (κ1) is 19.4. The van der Waals surface area contributed by atoms with Crippen LogP contribution in [0.4, 0.5) is 4.39 Å². The van der Waals surface area contributed by atoms with E-state index in [4.69, 9.17) is 4.74 Å². The molecule has 152 valence electrons. The standard InChI is InChI=1S/C21H24FN5O2/c1-27(10-9-20-23-17-7-2-3-8-18(17)24-20)21(28)19-12-15(25-26-19)13-29-16-6-4-5-14(22)11-16/h2-8,11,15,19,25-26H,9-10,12-13H2,1H3,(H,23,24). The number of para-hydroxylation sites is 2. The molecule has 0 radical (unpaired) electrons. The van der Waals surface area contributed by atoms with Gasteiger partial charge >= 0.3 is 0 Å². The maximum absolute atomic E-state index is 13.2. The van der Waals surface area contributed by atoms with Gasteiger partial charge in [-0.25, -0.2) is 14.8 Å². The summed E-state index contributed by atoms with van der Waals surface area (Å²) in [6.07, 6.45) is 1.26. The predicted molar refractivity (Wildman–Crippen MR) is 108 cm³/mol. The summed E-state index contributed by atoms with van der Waals surface area (Å²) in [5.74, 6) is 1.02. The quantitative estimate of drug-likeness (QED) is 0.568. The third-order valence-corrected chi connectivity index (χ3v) is 5.03. The fraction of sp³-hybridized carbons (Fsp3) is 0.333. The summed E-state index contributed by atoms with van der Waals surface area (Å²) in [5.41, 5.74) is 8.05. The van der Waals surface area contributed by atoms with Crippen LogP contribution in [0.2, 0.25) is 0 Å². The highest BCUT2D eigenvalue weighted by Gasteiger charge is 2.31. The zero-order chi connectivity index (χ0) is 20.2. The van der Waals surface area contributed by atoms with Crippen LogP contribution >= 0.6 is 0 Å². The van der Waals surface area contributed by atoms with E-state index in [1.807, 2.05) is 24.3 Å². The molecule has 1 fully saturated rings. The van der Waals surface area contributed by atoms with E-state index in [1.54, 1.807) is 24.1 Å². The van der Waals surface area contributed by atoms with E-state index in [0.717, 1.165) is 16.9 Å². The SMILES string of the molecule is CN(CCc1nc2ccccc2[nH]1)C(=O)C1CC(COc2cccc(F)c2)NN1. The Hall–Kier alpha value is -2.97. The van der Waals surface area contributed by atoms with Crippen molar-refractivity contribution in [3.05, 3.63) is 60.2 Å². The molecule has 2 aromatic carbocycles. The summed E-state index contributed by atoms with van der Waals surface area (Å²) in [6.45, 7) is 0.921. The molecule has 2 unspecified atom stereocenters. The number of aromatic nitrogens is 2. The summed E-state index contributed by atoms with van der Waals surface area (Å²) < 4.78 is 18.8. The molecule has 1 amide bonds. The normalized spacial score (nSPS) is 18.8. The molecule has 1 saturated heterocycles. The highest BCUT2D eigenvalue weighted by atomic mass is 19.1. The lowest BCUT2D eigenvalue weighted by Crippen LogP contribution is -2.45. The number of rotatable bonds is 7. The van der Waals surface area contributed by atoms with Crippen LogP contribution in [-0.2, 0) is 11.2 Å². The Morgan fingerprint density at radius 1 is 1.24 bits per heavy atom. The zero-order valence-corrected chi connectivity index (χ0v) is 16.2. The van der Waals surface area contributed by atoms with E-state index >= 15 is 0 Å². The summed E-state index contributed by atoms with van der Waals surface area (Å²) in [7, 11) is 1.79. The van der Waals surface area contributed by atoms with Gasteiger partial charge < -0.3 is 14.6 Å². The fourth-order valence-corrected chi connectivity index (χ4v) is 3.42. The monoisotopic (exact) mass is 397 g/mol. The van der Waals surface area contributed by atoms with Crippen LogP contribution in [-0.4, -0.2) is 53.1 Å². The number of ether oxygens (including phenoxy) is 1. The molecule has 1 aliphatic rings. The van der Waals surface area contributed by atoms with E-state index in [1.165, 1.54) is 12.1 Å². The summed E-state index contributed by atoms with van der Waals surface area (Å²) in [6, 6.07) is 13.5. The molecule has 0 aliphatic carbocycles. The third kappa shape index (κ3) is 4.72. The predicted octanol–water partition coefficient (Wildman–Crippen LogP) is 2.02. The fourth-order valence-electron chi connectivity index (χ4n) is 3.42. The number of amides is 1. The number of hydrogen-bond donors (Lipinski definition) is 3. The number of aromatic amines is 1. The topological polar surface area (TPSA) is 82.3 Å². The van der Waals surface area contributed by atoms with Crippen LogP contribution in [0.5, 0.6) is 5.75 Å². The Morgan fingerprint density at radius 2 is 2.10 bits per heavy atom. The molecule has 7 nitrogen and oxygen atoms in total. The molecule has 29 heavy (non-hydrogen) atoms. The van der Waals surface area contributed by atoms with Gasteiger partial charge in [-0.2, -0.15) is 0 Å². The van der Waals surface area contributed by atoms with E-state index in [-0.39, 0.29) is 23.8 Å². The van der Waals surface area contributed by atoms with Gasteiger partial charge in [0.15, 0.2) is 0 Å². The van der Waals surface area contributed by atoms with E-state index in [0.29, 0.717) is 31.7 Å². The van der Waals surface area contributed by atoms with Gasteiger partial charge in [-0.3, -0.25) is 10.2 Å². The molecule has 1 aliphatic heterocycles. The molecule has 4 rings (SSSR count). The number of hydrazine groups is 1. The molecule has 3 N–H and O–H groups in total. The first-order chi connectivity index (χ1) is 14.1. The second-order valence-corrected chi connectivity index (χ2v) is 7.25. The summed E-state index contributed by atoms with van der Waals surface area (Å²) >= 11 is 0. The van der Waals surface area contributed by atoms with Gasteiger partial charge in [-0.05, 0) is 30.7 Å². The van der Waals surface area contributed by atoms with Crippen LogP contribution in [0.3, 0.4) is 0 Å². The minimum absolute atomic E-state index is 0.0156. The van der Waals surface area contributed by atoms with Crippen molar-refractivity contribution < 1.29 is 13.9 Å². The molecule has 0 spiro atoms. The molecule has 2 atom stereocenters. The maximum Gasteiger partial charge on any atom is 0.240 e. The van der Waals surface area contributed by atoms with Crippen molar-refractivity contribution >= 4 is 16.9 Å². The summed E-state index contributed by atoms with van der Waals surface area (Å²) in [5, 5.41) is 0. The Morgan fingerprint density at radius 3 is 2.93 bits per heavy atom. The van der Waals surface area contributed by atoms with Gasteiger partial charge in [0.25, 0.3) is 0 Å². The van der Waals surface area contributed by atoms with Gasteiger partial charge in [0.1, 0.15) is 30.0 Å². The Labute approximate surface area is 168 Å². The maximum atomic E-state index is 13.2. The van der Waals surface area contributed by atoms with Gasteiger partial charge in [0, 0.05) is 26.1 Å². The second kappa shape index (κ2) is 8.59. The highest BCUT2D eigenvalue weighted by Crippen LogP contribution is 2.15. The van der Waals surface area contributed by atoms with Gasteiger partial charge in [0.05, 0.1) is 17.1 Å². The van der Waals surface area contributed by atoms with Gasteiger partial charge in [-0.1, -0.05) is 18.2 Å². The second-order valence-electron chi connectivity index (χ2n) is 7.25. The number of halogens is 1. The van der Waals surface area contributed by atoms with Gasteiger partial charge in [0.2, 0.25) is 5.91 Å². The Bertz CT molecular complexity index is 959. The van der Waals surface area contributed by atoms with Crippen molar-refractivity contribution in [1.82, 2.24) is 25.7 Å². The number of hydrogen-bond acceptors (Lipinski definition) is 5. The first-order valence-electron chi connectivity index (χ1n) is 9.66. The lowest BCUT2D eigenvalue weighted by Gasteiger charge is -2.20. The van der Waals surface area contributed by atoms with Crippen LogP contribution < -0.4 is 15.6 Å². The van der Waals surface area contributed by atoms with Crippen molar-refractivity contribution in [2.45, 2.75) is 24.9 Å². The van der Waals surface area contributed by atoms with Gasteiger partial charge in [-0.15, -0.1) is 0 Å². The smallest absolute Gasteiger partial charge is 0.240 e. The number of H-pyrrole nitrogens is 1.